The smallest absolute Gasteiger partial charge is 0.230 e. The quantitative estimate of drug-likeness (QED) is 0.138. The second-order valence-electron chi connectivity index (χ2n) is 13.9. The van der Waals surface area contributed by atoms with Crippen molar-refractivity contribution >= 4 is 23.5 Å². The van der Waals surface area contributed by atoms with E-state index in [1.165, 1.54) is 0 Å². The van der Waals surface area contributed by atoms with E-state index in [1.54, 1.807) is 86.5 Å². The van der Waals surface area contributed by atoms with Gasteiger partial charge in [-0.1, -0.05) is 12.1 Å². The van der Waals surface area contributed by atoms with Crippen LogP contribution in [0.15, 0.2) is 135 Å². The molecule has 296 valence electrons. The van der Waals surface area contributed by atoms with Gasteiger partial charge in [0.2, 0.25) is 11.8 Å². The van der Waals surface area contributed by atoms with Crippen molar-refractivity contribution in [2.45, 2.75) is 40.5 Å². The van der Waals surface area contributed by atoms with Crippen molar-refractivity contribution in [3.63, 3.8) is 0 Å². The van der Waals surface area contributed by atoms with Gasteiger partial charge in [-0.15, -0.1) is 0 Å². The van der Waals surface area contributed by atoms with Crippen molar-refractivity contribution in [2.75, 3.05) is 10.6 Å². The molecule has 0 atom stereocenters. The summed E-state index contributed by atoms with van der Waals surface area (Å²) in [6, 6.07) is 19.0. The molecule has 0 fully saturated rings. The number of carbonyl (C=O) groups is 2. The molecule has 60 heavy (non-hydrogen) atoms. The van der Waals surface area contributed by atoms with E-state index in [0.717, 1.165) is 78.7 Å². The predicted molar refractivity (Wildman–Crippen MR) is 229 cm³/mol. The van der Waals surface area contributed by atoms with E-state index in [2.05, 4.69) is 60.5 Å². The topological polar surface area (TPSA) is 187 Å². The second-order valence-corrected chi connectivity index (χ2v) is 13.9. The van der Waals surface area contributed by atoms with Crippen LogP contribution in [0.3, 0.4) is 0 Å². The van der Waals surface area contributed by atoms with Crippen LogP contribution in [0.2, 0.25) is 0 Å². The van der Waals surface area contributed by atoms with Crippen LogP contribution in [0.25, 0.3) is 45.0 Å². The minimum absolute atomic E-state index is 0.150. The van der Waals surface area contributed by atoms with Gasteiger partial charge in [0.05, 0.1) is 48.0 Å². The predicted octanol–water partition coefficient (Wildman–Crippen LogP) is 7.59. The number of amides is 2. The number of nitrogens with one attached hydrogen (secondary N) is 2. The number of aromatic nitrogens is 10. The monoisotopic (exact) mass is 792 g/mol. The van der Waals surface area contributed by atoms with Crippen molar-refractivity contribution in [3.8, 4) is 45.0 Å². The summed E-state index contributed by atoms with van der Waals surface area (Å²) in [5.74, 6) is 0.675. The van der Waals surface area contributed by atoms with E-state index >= 15 is 0 Å². The largest absolute Gasteiger partial charge is 0.310 e. The van der Waals surface area contributed by atoms with E-state index in [0.29, 0.717) is 11.6 Å². The van der Waals surface area contributed by atoms with E-state index in [9.17, 15) is 9.59 Å². The normalized spacial score (nSPS) is 10.6. The van der Waals surface area contributed by atoms with Gasteiger partial charge in [0, 0.05) is 95.6 Å². The van der Waals surface area contributed by atoms with Gasteiger partial charge < -0.3 is 10.6 Å². The van der Waals surface area contributed by atoms with Crippen molar-refractivity contribution in [1.29, 1.82) is 0 Å². The Morgan fingerprint density at radius 3 is 1.23 bits per heavy atom. The first-order valence-corrected chi connectivity index (χ1v) is 19.0. The Morgan fingerprint density at radius 2 is 0.883 bits per heavy atom. The van der Waals surface area contributed by atoms with Gasteiger partial charge in [-0.2, -0.15) is 0 Å². The maximum absolute atomic E-state index is 12.4. The molecule has 0 saturated carbocycles. The highest BCUT2D eigenvalue weighted by Crippen LogP contribution is 2.24. The van der Waals surface area contributed by atoms with E-state index in [4.69, 9.17) is 0 Å². The lowest BCUT2D eigenvalue weighted by atomic mass is 10.0. The lowest BCUT2D eigenvalue weighted by Gasteiger charge is -2.09. The van der Waals surface area contributed by atoms with Crippen LogP contribution in [-0.2, 0) is 22.4 Å². The Balaban J connectivity index is 0.000000181. The fourth-order valence-corrected chi connectivity index (χ4v) is 6.33. The maximum Gasteiger partial charge on any atom is 0.230 e. The summed E-state index contributed by atoms with van der Waals surface area (Å²) in [7, 11) is 0. The molecule has 8 aromatic heterocycles. The minimum atomic E-state index is -0.150. The fourth-order valence-electron chi connectivity index (χ4n) is 6.33. The lowest BCUT2D eigenvalue weighted by Crippen LogP contribution is -2.15. The molecular formula is C46H40N12O2. The van der Waals surface area contributed by atoms with Crippen LogP contribution >= 0.6 is 0 Å². The number of anilines is 2. The van der Waals surface area contributed by atoms with Crippen molar-refractivity contribution < 1.29 is 9.59 Å². The third-order valence-corrected chi connectivity index (χ3v) is 9.12. The molecular weight excluding hydrogens is 753 g/mol. The van der Waals surface area contributed by atoms with E-state index in [1.807, 2.05) is 76.2 Å². The Morgan fingerprint density at radius 1 is 0.433 bits per heavy atom. The molecule has 0 saturated heterocycles. The summed E-state index contributed by atoms with van der Waals surface area (Å²) >= 11 is 0. The molecule has 0 aliphatic rings. The summed E-state index contributed by atoms with van der Waals surface area (Å²) in [6.45, 7) is 7.88. The third-order valence-electron chi connectivity index (χ3n) is 9.12. The van der Waals surface area contributed by atoms with Gasteiger partial charge in [0.25, 0.3) is 0 Å². The first-order valence-electron chi connectivity index (χ1n) is 19.0. The summed E-state index contributed by atoms with van der Waals surface area (Å²) in [4.78, 5) is 67.6. The van der Waals surface area contributed by atoms with Gasteiger partial charge >= 0.3 is 0 Å². The molecule has 0 unspecified atom stereocenters. The molecule has 0 bridgehead atoms. The van der Waals surface area contributed by atoms with E-state index < -0.39 is 0 Å². The van der Waals surface area contributed by atoms with Crippen molar-refractivity contribution in [1.82, 2.24) is 49.8 Å². The molecule has 0 aliphatic heterocycles. The number of hydrogen-bond acceptors (Lipinski definition) is 12. The Bertz CT molecular complexity index is 2540. The fraction of sp³-hybridized carbons (Fsp3) is 0.130. The highest BCUT2D eigenvalue weighted by molar-refractivity contribution is 5.92. The molecule has 14 nitrogen and oxygen atoms in total. The van der Waals surface area contributed by atoms with Gasteiger partial charge in [-0.05, 0) is 98.5 Å². The van der Waals surface area contributed by atoms with Crippen molar-refractivity contribution in [2.24, 2.45) is 0 Å². The lowest BCUT2D eigenvalue weighted by molar-refractivity contribution is -0.116. The molecule has 0 radical (unpaired) electrons. The van der Waals surface area contributed by atoms with E-state index in [-0.39, 0.29) is 24.7 Å². The number of rotatable bonds is 10. The molecule has 2 amide bonds. The molecule has 0 aliphatic carbocycles. The summed E-state index contributed by atoms with van der Waals surface area (Å²) in [6.07, 6.45) is 20.6. The summed E-state index contributed by atoms with van der Waals surface area (Å²) in [5, 5.41) is 5.64. The molecule has 8 rings (SSSR count). The number of carbonyl (C=O) groups excluding carboxylic acids is 2. The standard InChI is InChI=1S/2C23H20N6O/c2*1-15-9-17(12-28-23(15)18-5-6-25-16(2)10-18)11-22(30)29-21-4-3-19(13-27-21)20-14-24-7-8-26-20/h2*3-10,12-14H,11H2,1-2H3,(H,27,29,30). The number of hydrogen-bond donors (Lipinski definition) is 2. The van der Waals surface area contributed by atoms with Crippen molar-refractivity contribution in [3.05, 3.63) is 169 Å². The van der Waals surface area contributed by atoms with Gasteiger partial charge in [-0.3, -0.25) is 49.5 Å². The van der Waals surface area contributed by atoms with Gasteiger partial charge in [-0.25, -0.2) is 9.97 Å². The number of nitrogens with zero attached hydrogens (tertiary/aromatic N) is 10. The highest BCUT2D eigenvalue weighted by Gasteiger charge is 2.12. The van der Waals surface area contributed by atoms with Crippen LogP contribution in [0.4, 0.5) is 11.6 Å². The molecule has 0 spiro atoms. The zero-order valence-corrected chi connectivity index (χ0v) is 33.4. The van der Waals surface area contributed by atoms with Crippen LogP contribution < -0.4 is 10.6 Å². The molecule has 0 aromatic carbocycles. The number of aryl methyl sites for hydroxylation is 4. The van der Waals surface area contributed by atoms with Crippen LogP contribution in [-0.4, -0.2) is 61.7 Å². The average Bonchev–Trinajstić information content (AvgIpc) is 3.25. The van der Waals surface area contributed by atoms with Crippen LogP contribution in [0.1, 0.15) is 33.6 Å². The van der Waals surface area contributed by atoms with Gasteiger partial charge in [0.15, 0.2) is 0 Å². The maximum atomic E-state index is 12.4. The molecule has 8 aromatic rings. The Hall–Kier alpha value is -8.00. The SMILES string of the molecule is Cc1cc(-c2ncc(CC(=O)Nc3ccc(-c4cnccn4)cn3)cc2C)ccn1.Cc1cc(-c2ncc(CC(=O)Nc3ccc(-c4cnccn4)cn3)cc2C)ccn1. The van der Waals surface area contributed by atoms with Crippen LogP contribution in [0, 0.1) is 27.7 Å². The molecule has 8 heterocycles. The zero-order valence-electron chi connectivity index (χ0n) is 33.4. The second kappa shape index (κ2) is 19.0. The first kappa shape index (κ1) is 40.2. The number of pyridine rings is 6. The Kier molecular flexibility index (Phi) is 12.7. The summed E-state index contributed by atoms with van der Waals surface area (Å²) < 4.78 is 0. The average molecular weight is 793 g/mol. The summed E-state index contributed by atoms with van der Waals surface area (Å²) in [5.41, 5.74) is 12.5. The van der Waals surface area contributed by atoms with Crippen LogP contribution in [0.5, 0.6) is 0 Å². The molecule has 14 heteroatoms. The van der Waals surface area contributed by atoms with Gasteiger partial charge in [0.1, 0.15) is 11.6 Å². The first-order chi connectivity index (χ1) is 29.2. The highest BCUT2D eigenvalue weighted by atomic mass is 16.2. The minimum Gasteiger partial charge on any atom is -0.310 e. The Labute approximate surface area is 346 Å². The zero-order chi connectivity index (χ0) is 41.8. The molecule has 2 N–H and O–H groups in total. The third kappa shape index (κ3) is 10.7.